The van der Waals surface area contributed by atoms with E-state index in [9.17, 15) is 0 Å². The van der Waals surface area contributed by atoms with Crippen LogP contribution in [0.15, 0.2) is 42.5 Å². The Morgan fingerprint density at radius 3 is 2.85 bits per heavy atom. The molecule has 20 heavy (non-hydrogen) atoms. The first-order chi connectivity index (χ1) is 9.69. The molecule has 0 amide bonds. The Morgan fingerprint density at radius 2 is 2.05 bits per heavy atom. The number of aromatic amines is 1. The highest BCUT2D eigenvalue weighted by Gasteiger charge is 2.07. The van der Waals surface area contributed by atoms with Gasteiger partial charge in [0.1, 0.15) is 0 Å². The zero-order valence-corrected chi connectivity index (χ0v) is 12.3. The van der Waals surface area contributed by atoms with E-state index < -0.39 is 0 Å². The molecule has 1 aromatic heterocycles. The predicted molar refractivity (Wildman–Crippen MR) is 83.9 cm³/mol. The molecule has 0 unspecified atom stereocenters. The molecule has 0 aliphatic carbocycles. The van der Waals surface area contributed by atoms with E-state index in [1.807, 2.05) is 6.07 Å². The van der Waals surface area contributed by atoms with Crippen molar-refractivity contribution in [1.29, 1.82) is 0 Å². The minimum Gasteiger partial charge on any atom is -0.380 e. The van der Waals surface area contributed by atoms with Crippen molar-refractivity contribution in [3.63, 3.8) is 0 Å². The second-order valence-corrected chi connectivity index (χ2v) is 5.28. The molecular weight excluding hydrogens is 268 g/mol. The zero-order valence-electron chi connectivity index (χ0n) is 11.5. The van der Waals surface area contributed by atoms with Crippen molar-refractivity contribution >= 4 is 23.3 Å². The van der Waals surface area contributed by atoms with Crippen LogP contribution in [0.5, 0.6) is 0 Å². The first-order valence-electron chi connectivity index (χ1n) is 6.48. The van der Waals surface area contributed by atoms with E-state index in [2.05, 4.69) is 52.9 Å². The van der Waals surface area contributed by atoms with E-state index in [0.29, 0.717) is 11.4 Å². The van der Waals surface area contributed by atoms with Crippen molar-refractivity contribution < 1.29 is 4.74 Å². The molecule has 0 saturated carbocycles. The van der Waals surface area contributed by atoms with Crippen molar-refractivity contribution in [2.24, 2.45) is 0 Å². The Kier molecular flexibility index (Phi) is 3.42. The predicted octanol–water partition coefficient (Wildman–Crippen LogP) is 4.14. The van der Waals surface area contributed by atoms with Crippen molar-refractivity contribution in [3.8, 4) is 5.69 Å². The smallest absolute Gasteiger partial charge is 0.182 e. The van der Waals surface area contributed by atoms with Gasteiger partial charge in [0.25, 0.3) is 0 Å². The molecule has 2 aromatic carbocycles. The second kappa shape index (κ2) is 5.23. The maximum atomic E-state index is 5.46. The lowest BCUT2D eigenvalue weighted by Gasteiger charge is -2.07. The Bertz CT molecular complexity index is 817. The maximum absolute atomic E-state index is 5.46. The molecule has 0 aliphatic rings. The van der Waals surface area contributed by atoms with Crippen LogP contribution in [0.1, 0.15) is 11.1 Å². The molecule has 102 valence electrons. The van der Waals surface area contributed by atoms with Crippen LogP contribution in [0.25, 0.3) is 16.7 Å². The summed E-state index contributed by atoms with van der Waals surface area (Å²) in [7, 11) is 1.70. The number of ether oxygens (including phenoxy) is 1. The van der Waals surface area contributed by atoms with Gasteiger partial charge in [-0.25, -0.2) is 0 Å². The fraction of sp³-hybridized carbons (Fsp3) is 0.188. The number of aryl methyl sites for hydroxylation is 1. The van der Waals surface area contributed by atoms with Gasteiger partial charge in [-0.2, -0.15) is 0 Å². The summed E-state index contributed by atoms with van der Waals surface area (Å²) in [4.78, 5) is 3.25. The summed E-state index contributed by atoms with van der Waals surface area (Å²) < 4.78 is 7.97. The topological polar surface area (TPSA) is 29.9 Å². The molecule has 0 atom stereocenters. The Labute approximate surface area is 122 Å². The molecule has 4 heteroatoms. The average Bonchev–Trinajstić information content (AvgIpc) is 2.75. The number of hydrogen-bond donors (Lipinski definition) is 1. The van der Waals surface area contributed by atoms with Gasteiger partial charge in [-0.15, -0.1) is 0 Å². The number of rotatable bonds is 3. The van der Waals surface area contributed by atoms with Crippen molar-refractivity contribution in [2.75, 3.05) is 7.11 Å². The third-order valence-corrected chi connectivity index (χ3v) is 3.60. The summed E-state index contributed by atoms with van der Waals surface area (Å²) >= 11 is 5.46. The van der Waals surface area contributed by atoms with Gasteiger partial charge in [0.05, 0.1) is 17.6 Å². The van der Waals surface area contributed by atoms with Crippen molar-refractivity contribution in [1.82, 2.24) is 9.55 Å². The first-order valence-corrected chi connectivity index (χ1v) is 6.89. The number of hydrogen-bond acceptors (Lipinski definition) is 2. The minimum atomic E-state index is 0.600. The van der Waals surface area contributed by atoms with Crippen LogP contribution in [0.4, 0.5) is 0 Å². The van der Waals surface area contributed by atoms with E-state index in [0.717, 1.165) is 22.3 Å². The summed E-state index contributed by atoms with van der Waals surface area (Å²) in [6, 6.07) is 14.5. The van der Waals surface area contributed by atoms with Crippen molar-refractivity contribution in [2.45, 2.75) is 13.5 Å². The number of nitrogens with one attached hydrogen (secondary N) is 1. The number of imidazole rings is 1. The average molecular weight is 284 g/mol. The normalized spacial score (nSPS) is 11.1. The molecule has 1 N–H and O–H groups in total. The Hall–Kier alpha value is -1.91. The molecule has 0 radical (unpaired) electrons. The summed E-state index contributed by atoms with van der Waals surface area (Å²) in [5, 5.41) is 0. The molecule has 0 spiro atoms. The van der Waals surface area contributed by atoms with Crippen LogP contribution in [-0.4, -0.2) is 16.7 Å². The van der Waals surface area contributed by atoms with Gasteiger partial charge in [-0.05, 0) is 54.5 Å². The van der Waals surface area contributed by atoms with Crippen LogP contribution < -0.4 is 0 Å². The van der Waals surface area contributed by atoms with Gasteiger partial charge in [0.2, 0.25) is 0 Å². The number of aromatic nitrogens is 2. The number of nitrogens with zero attached hydrogens (tertiary/aromatic N) is 1. The van der Waals surface area contributed by atoms with Crippen LogP contribution in [-0.2, 0) is 11.3 Å². The number of fused-ring (bicyclic) bond motifs is 1. The van der Waals surface area contributed by atoms with Crippen molar-refractivity contribution in [3.05, 3.63) is 58.4 Å². The second-order valence-electron chi connectivity index (χ2n) is 4.89. The van der Waals surface area contributed by atoms with Gasteiger partial charge >= 0.3 is 0 Å². The van der Waals surface area contributed by atoms with E-state index in [4.69, 9.17) is 17.0 Å². The quantitative estimate of drug-likeness (QED) is 0.732. The largest absolute Gasteiger partial charge is 0.380 e. The Morgan fingerprint density at radius 1 is 1.20 bits per heavy atom. The first kappa shape index (κ1) is 13.1. The molecule has 0 fully saturated rings. The van der Waals surface area contributed by atoms with E-state index in [1.165, 1.54) is 5.56 Å². The third kappa shape index (κ3) is 2.28. The van der Waals surface area contributed by atoms with E-state index >= 15 is 0 Å². The van der Waals surface area contributed by atoms with Crippen LogP contribution in [0.3, 0.4) is 0 Å². The molecule has 3 aromatic rings. The highest BCUT2D eigenvalue weighted by atomic mass is 32.1. The molecule has 0 bridgehead atoms. The zero-order chi connectivity index (χ0) is 14.1. The van der Waals surface area contributed by atoms with Crippen LogP contribution in [0, 0.1) is 11.7 Å². The highest BCUT2D eigenvalue weighted by molar-refractivity contribution is 7.71. The molecule has 1 heterocycles. The third-order valence-electron chi connectivity index (χ3n) is 3.32. The monoisotopic (exact) mass is 284 g/mol. The lowest BCUT2D eigenvalue weighted by molar-refractivity contribution is 0.185. The number of methoxy groups -OCH3 is 1. The lowest BCUT2D eigenvalue weighted by Crippen LogP contribution is -1.96. The lowest BCUT2D eigenvalue weighted by atomic mass is 10.2. The fourth-order valence-electron chi connectivity index (χ4n) is 2.42. The van der Waals surface area contributed by atoms with Crippen LogP contribution >= 0.6 is 12.2 Å². The Balaban J connectivity index is 2.23. The van der Waals surface area contributed by atoms with Gasteiger partial charge in [-0.3, -0.25) is 4.57 Å². The highest BCUT2D eigenvalue weighted by Crippen LogP contribution is 2.21. The number of H-pyrrole nitrogens is 1. The van der Waals surface area contributed by atoms with Gasteiger partial charge < -0.3 is 9.72 Å². The van der Waals surface area contributed by atoms with Gasteiger partial charge in [-0.1, -0.05) is 18.2 Å². The maximum Gasteiger partial charge on any atom is 0.182 e. The molecule has 3 rings (SSSR count). The standard InChI is InChI=1S/C16H16N2OS/c1-11-6-7-14-15(8-11)18(16(20)17-14)13-5-3-4-12(9-13)10-19-2/h3-9H,10H2,1-2H3,(H,17,20). The molecule has 0 saturated heterocycles. The van der Waals surface area contributed by atoms with E-state index in [1.54, 1.807) is 7.11 Å². The molecule has 0 aliphatic heterocycles. The fourth-order valence-corrected chi connectivity index (χ4v) is 2.73. The van der Waals surface area contributed by atoms with E-state index in [-0.39, 0.29) is 0 Å². The SMILES string of the molecule is COCc1cccc(-n2c(=S)[nH]c3ccc(C)cc32)c1. The van der Waals surface area contributed by atoms with Gasteiger partial charge in [0.15, 0.2) is 4.77 Å². The summed E-state index contributed by atoms with van der Waals surface area (Å²) in [6.07, 6.45) is 0. The summed E-state index contributed by atoms with van der Waals surface area (Å²) in [5.41, 5.74) is 5.56. The summed E-state index contributed by atoms with van der Waals surface area (Å²) in [6.45, 7) is 2.68. The van der Waals surface area contributed by atoms with Crippen LogP contribution in [0.2, 0.25) is 0 Å². The summed E-state index contributed by atoms with van der Waals surface area (Å²) in [5.74, 6) is 0. The minimum absolute atomic E-state index is 0.600. The number of benzene rings is 2. The van der Waals surface area contributed by atoms with Gasteiger partial charge in [0, 0.05) is 12.8 Å². The molecule has 3 nitrogen and oxygen atoms in total. The molecular formula is C16H16N2OS.